The van der Waals surface area contributed by atoms with Gasteiger partial charge in [-0.25, -0.2) is 0 Å². The summed E-state index contributed by atoms with van der Waals surface area (Å²) in [6.45, 7) is 16.4. The van der Waals surface area contributed by atoms with Gasteiger partial charge in [0.05, 0.1) is 6.67 Å². The lowest BCUT2D eigenvalue weighted by atomic mass is 10.2. The second kappa shape index (κ2) is 8.09. The summed E-state index contributed by atoms with van der Waals surface area (Å²) in [4.78, 5) is 10.7. The van der Waals surface area contributed by atoms with E-state index in [1.807, 2.05) is 0 Å². The highest BCUT2D eigenvalue weighted by Gasteiger charge is 2.24. The maximum absolute atomic E-state index is 2.68. The second-order valence-electron chi connectivity index (χ2n) is 7.79. The van der Waals surface area contributed by atoms with Crippen LogP contribution in [0.3, 0.4) is 0 Å². The molecule has 0 aromatic carbocycles. The van der Waals surface area contributed by atoms with Crippen molar-refractivity contribution in [2.24, 2.45) is 0 Å². The standard InChI is InChI=1S/C18H36N4/c1-17-6-3-9-21(17)11-5-8-19-12-13-20(16-19)14-15-22-10-4-7-18(22)2/h17-18H,3-16H2,1-2H3/t17-,18+/m0/s1. The maximum atomic E-state index is 2.68. The third kappa shape index (κ3) is 4.44. The molecule has 0 aliphatic carbocycles. The van der Waals surface area contributed by atoms with E-state index in [2.05, 4.69) is 33.4 Å². The normalized spacial score (nSPS) is 32.5. The molecule has 0 saturated carbocycles. The van der Waals surface area contributed by atoms with E-state index in [-0.39, 0.29) is 0 Å². The van der Waals surface area contributed by atoms with E-state index >= 15 is 0 Å². The Morgan fingerprint density at radius 2 is 1.27 bits per heavy atom. The van der Waals surface area contributed by atoms with Crippen LogP contribution in [0.15, 0.2) is 0 Å². The van der Waals surface area contributed by atoms with E-state index in [1.165, 1.54) is 91.1 Å². The Morgan fingerprint density at radius 3 is 1.86 bits per heavy atom. The number of hydrogen-bond donors (Lipinski definition) is 0. The van der Waals surface area contributed by atoms with Crippen molar-refractivity contribution in [2.75, 3.05) is 59.0 Å². The number of likely N-dealkylation sites (tertiary alicyclic amines) is 2. The molecule has 128 valence electrons. The van der Waals surface area contributed by atoms with E-state index < -0.39 is 0 Å². The average molecular weight is 309 g/mol. The molecule has 0 bridgehead atoms. The fraction of sp³-hybridized carbons (Fsp3) is 1.00. The average Bonchev–Trinajstić information content (AvgIpc) is 3.21. The van der Waals surface area contributed by atoms with Gasteiger partial charge in [-0.3, -0.25) is 14.7 Å². The first kappa shape index (κ1) is 16.7. The molecule has 0 aromatic heterocycles. The van der Waals surface area contributed by atoms with E-state index in [9.17, 15) is 0 Å². The zero-order valence-electron chi connectivity index (χ0n) is 14.8. The molecule has 0 unspecified atom stereocenters. The van der Waals surface area contributed by atoms with Crippen molar-refractivity contribution in [3.05, 3.63) is 0 Å². The minimum atomic E-state index is 0.821. The Labute approximate surface area is 137 Å². The molecule has 3 heterocycles. The van der Waals surface area contributed by atoms with E-state index in [0.29, 0.717) is 0 Å². The zero-order valence-corrected chi connectivity index (χ0v) is 14.8. The quantitative estimate of drug-likeness (QED) is 0.712. The number of rotatable bonds is 7. The fourth-order valence-corrected chi connectivity index (χ4v) is 4.49. The van der Waals surface area contributed by atoms with Gasteiger partial charge < -0.3 is 4.90 Å². The molecule has 22 heavy (non-hydrogen) atoms. The molecule has 3 fully saturated rings. The molecule has 0 aromatic rings. The Morgan fingerprint density at radius 1 is 0.682 bits per heavy atom. The lowest BCUT2D eigenvalue weighted by Crippen LogP contribution is -2.37. The molecule has 3 saturated heterocycles. The third-order valence-electron chi connectivity index (χ3n) is 6.14. The van der Waals surface area contributed by atoms with Crippen LogP contribution in [0.25, 0.3) is 0 Å². The Hall–Kier alpha value is -0.160. The van der Waals surface area contributed by atoms with Crippen LogP contribution >= 0.6 is 0 Å². The summed E-state index contributed by atoms with van der Waals surface area (Å²) in [5, 5.41) is 0. The molecule has 3 aliphatic heterocycles. The largest absolute Gasteiger partial charge is 0.301 e. The summed E-state index contributed by atoms with van der Waals surface area (Å²) < 4.78 is 0. The highest BCUT2D eigenvalue weighted by atomic mass is 15.4. The summed E-state index contributed by atoms with van der Waals surface area (Å²) in [7, 11) is 0. The Kier molecular flexibility index (Phi) is 6.14. The monoisotopic (exact) mass is 308 g/mol. The van der Waals surface area contributed by atoms with Crippen LogP contribution in [-0.2, 0) is 0 Å². The second-order valence-corrected chi connectivity index (χ2v) is 7.79. The van der Waals surface area contributed by atoms with Gasteiger partial charge in [0.1, 0.15) is 0 Å². The topological polar surface area (TPSA) is 13.0 Å². The van der Waals surface area contributed by atoms with Crippen LogP contribution in [0.1, 0.15) is 46.0 Å². The van der Waals surface area contributed by atoms with Gasteiger partial charge in [-0.15, -0.1) is 0 Å². The first-order valence-corrected chi connectivity index (χ1v) is 9.65. The molecule has 4 heteroatoms. The lowest BCUT2D eigenvalue weighted by Gasteiger charge is -2.25. The summed E-state index contributed by atoms with van der Waals surface area (Å²) in [6, 6.07) is 1.65. The molecule has 0 radical (unpaired) electrons. The highest BCUT2D eigenvalue weighted by Crippen LogP contribution is 2.17. The van der Waals surface area contributed by atoms with Crippen molar-refractivity contribution in [3.63, 3.8) is 0 Å². The molecule has 0 N–H and O–H groups in total. The highest BCUT2D eigenvalue weighted by molar-refractivity contribution is 4.79. The smallest absolute Gasteiger partial charge is 0.0507 e. The van der Waals surface area contributed by atoms with Crippen molar-refractivity contribution in [1.29, 1.82) is 0 Å². The van der Waals surface area contributed by atoms with Crippen LogP contribution in [0.2, 0.25) is 0 Å². The van der Waals surface area contributed by atoms with Gasteiger partial charge in [-0.2, -0.15) is 0 Å². The van der Waals surface area contributed by atoms with Crippen molar-refractivity contribution in [1.82, 2.24) is 19.6 Å². The van der Waals surface area contributed by atoms with Crippen LogP contribution in [-0.4, -0.2) is 90.7 Å². The minimum absolute atomic E-state index is 0.821. The lowest BCUT2D eigenvalue weighted by molar-refractivity contribution is 0.189. The van der Waals surface area contributed by atoms with Crippen molar-refractivity contribution >= 4 is 0 Å². The Bertz CT molecular complexity index is 335. The van der Waals surface area contributed by atoms with Gasteiger partial charge in [0.15, 0.2) is 0 Å². The van der Waals surface area contributed by atoms with Gasteiger partial charge in [-0.1, -0.05) is 0 Å². The predicted octanol–water partition coefficient (Wildman–Crippen LogP) is 1.92. The third-order valence-corrected chi connectivity index (χ3v) is 6.14. The molecule has 4 nitrogen and oxygen atoms in total. The fourth-order valence-electron chi connectivity index (χ4n) is 4.49. The molecule has 0 amide bonds. The van der Waals surface area contributed by atoms with Gasteiger partial charge in [-0.05, 0) is 65.6 Å². The SMILES string of the molecule is C[C@@H]1CCCN1CCN1CCN(CCCN2CCC[C@@H]2C)C1. The van der Waals surface area contributed by atoms with Crippen molar-refractivity contribution in [2.45, 2.75) is 58.0 Å². The Balaban J connectivity index is 1.27. The van der Waals surface area contributed by atoms with Crippen molar-refractivity contribution in [3.8, 4) is 0 Å². The van der Waals surface area contributed by atoms with Gasteiger partial charge >= 0.3 is 0 Å². The van der Waals surface area contributed by atoms with Crippen LogP contribution < -0.4 is 0 Å². The molecular formula is C18H36N4. The maximum Gasteiger partial charge on any atom is 0.0507 e. The van der Waals surface area contributed by atoms with Crippen LogP contribution in [0.4, 0.5) is 0 Å². The molecule has 3 aliphatic rings. The van der Waals surface area contributed by atoms with Crippen LogP contribution in [0.5, 0.6) is 0 Å². The van der Waals surface area contributed by atoms with E-state index in [4.69, 9.17) is 0 Å². The zero-order chi connectivity index (χ0) is 15.4. The van der Waals surface area contributed by atoms with Crippen LogP contribution in [0, 0.1) is 0 Å². The molecular weight excluding hydrogens is 272 g/mol. The van der Waals surface area contributed by atoms with E-state index in [0.717, 1.165) is 12.1 Å². The van der Waals surface area contributed by atoms with Gasteiger partial charge in [0, 0.05) is 44.8 Å². The predicted molar refractivity (Wildman–Crippen MR) is 93.2 cm³/mol. The number of nitrogens with zero attached hydrogens (tertiary/aromatic N) is 4. The molecule has 3 rings (SSSR count). The summed E-state index contributed by atoms with van der Waals surface area (Å²) in [5.74, 6) is 0. The minimum Gasteiger partial charge on any atom is -0.301 e. The van der Waals surface area contributed by atoms with Crippen molar-refractivity contribution < 1.29 is 0 Å². The first-order chi connectivity index (χ1) is 10.7. The molecule has 0 spiro atoms. The first-order valence-electron chi connectivity index (χ1n) is 9.65. The van der Waals surface area contributed by atoms with E-state index in [1.54, 1.807) is 0 Å². The van der Waals surface area contributed by atoms with Gasteiger partial charge in [0.25, 0.3) is 0 Å². The summed E-state index contributed by atoms with van der Waals surface area (Å²) in [6.07, 6.45) is 6.98. The summed E-state index contributed by atoms with van der Waals surface area (Å²) in [5.41, 5.74) is 0. The molecule has 2 atom stereocenters. The van der Waals surface area contributed by atoms with Gasteiger partial charge in [0.2, 0.25) is 0 Å². The summed E-state index contributed by atoms with van der Waals surface area (Å²) >= 11 is 0. The number of hydrogen-bond acceptors (Lipinski definition) is 4.